The maximum Gasteiger partial charge on any atom is 0.337 e. The summed E-state index contributed by atoms with van der Waals surface area (Å²) in [7, 11) is 1.26. The molecule has 4 N–H and O–H groups in total. The number of aromatic nitrogens is 2. The Morgan fingerprint density at radius 2 is 1.79 bits per heavy atom. The molecular weight excluding hydrogens is 486 g/mol. The number of β-amino-alcohol motifs (C(OH)–C–C–N with tert-alkyl or cyclic N) is 1. The number of hydrogen-bond acceptors (Lipinski definition) is 7. The van der Waals surface area contributed by atoms with E-state index in [9.17, 15) is 19.5 Å². The highest BCUT2D eigenvalue weighted by Gasteiger charge is 2.34. The van der Waals surface area contributed by atoms with Crippen LogP contribution >= 0.6 is 0 Å². The third kappa shape index (κ3) is 4.97. The van der Waals surface area contributed by atoms with E-state index in [-0.39, 0.29) is 42.8 Å². The number of H-pyrrole nitrogens is 1. The molecule has 4 aromatic rings. The monoisotopic (exact) mass is 511 g/mol. The van der Waals surface area contributed by atoms with Crippen LogP contribution in [0.15, 0.2) is 84.1 Å². The minimum atomic E-state index is -0.602. The normalized spacial score (nSPS) is 13.2. The predicted molar refractivity (Wildman–Crippen MR) is 142 cm³/mol. The van der Waals surface area contributed by atoms with Gasteiger partial charge in [-0.2, -0.15) is 0 Å². The van der Waals surface area contributed by atoms with Crippen LogP contribution in [0.3, 0.4) is 0 Å². The van der Waals surface area contributed by atoms with E-state index in [0.29, 0.717) is 28.3 Å². The van der Waals surface area contributed by atoms with E-state index >= 15 is 0 Å². The third-order valence-corrected chi connectivity index (χ3v) is 6.16. The maximum absolute atomic E-state index is 12.8. The number of methoxy groups -OCH3 is 1. The second kappa shape index (κ2) is 10.6. The van der Waals surface area contributed by atoms with Gasteiger partial charge in [0.1, 0.15) is 11.5 Å². The van der Waals surface area contributed by atoms with Crippen LogP contribution in [0.1, 0.15) is 10.4 Å². The van der Waals surface area contributed by atoms with E-state index in [1.54, 1.807) is 42.5 Å². The molecule has 2 amide bonds. The van der Waals surface area contributed by atoms with Crippen molar-refractivity contribution in [3.63, 3.8) is 0 Å². The second-order valence-electron chi connectivity index (χ2n) is 8.64. The van der Waals surface area contributed by atoms with Gasteiger partial charge in [-0.1, -0.05) is 18.2 Å². The number of anilines is 2. The molecule has 0 fully saturated rings. The first-order valence-corrected chi connectivity index (χ1v) is 11.9. The van der Waals surface area contributed by atoms with Crippen LogP contribution in [-0.2, 0) is 14.3 Å². The van der Waals surface area contributed by atoms with Gasteiger partial charge in [-0.25, -0.2) is 9.78 Å². The van der Waals surface area contributed by atoms with Gasteiger partial charge in [0, 0.05) is 29.0 Å². The van der Waals surface area contributed by atoms with Gasteiger partial charge in [-0.15, -0.1) is 0 Å². The second-order valence-corrected chi connectivity index (χ2v) is 8.64. The van der Waals surface area contributed by atoms with Crippen molar-refractivity contribution in [3.8, 4) is 11.4 Å². The molecule has 3 aromatic carbocycles. The quantitative estimate of drug-likeness (QED) is 0.267. The lowest BCUT2D eigenvalue weighted by molar-refractivity contribution is -0.136. The minimum Gasteiger partial charge on any atom is -0.466 e. The molecule has 1 aromatic heterocycles. The smallest absolute Gasteiger partial charge is 0.337 e. The van der Waals surface area contributed by atoms with Crippen LogP contribution in [0.5, 0.6) is 0 Å². The van der Waals surface area contributed by atoms with Crippen LogP contribution in [-0.4, -0.2) is 64.6 Å². The van der Waals surface area contributed by atoms with Gasteiger partial charge in [0.05, 0.1) is 36.9 Å². The summed E-state index contributed by atoms with van der Waals surface area (Å²) in [6.45, 7) is -0.0362. The lowest BCUT2D eigenvalue weighted by Gasteiger charge is -2.15. The van der Waals surface area contributed by atoms with Gasteiger partial charge in [0.25, 0.3) is 11.8 Å². The Balaban J connectivity index is 1.34. The molecule has 0 bridgehead atoms. The summed E-state index contributed by atoms with van der Waals surface area (Å²) in [5.41, 5.74) is 4.42. The van der Waals surface area contributed by atoms with Crippen LogP contribution in [0.25, 0.3) is 22.4 Å². The highest BCUT2D eigenvalue weighted by molar-refractivity contribution is 6.08. The molecule has 2 heterocycles. The number of imidazole rings is 1. The molecule has 38 heavy (non-hydrogen) atoms. The summed E-state index contributed by atoms with van der Waals surface area (Å²) in [5.74, 6) is -0.537. The molecule has 0 atom stereocenters. The summed E-state index contributed by atoms with van der Waals surface area (Å²) in [4.78, 5) is 46.7. The van der Waals surface area contributed by atoms with Crippen LogP contribution < -0.4 is 10.6 Å². The number of aromatic amines is 1. The molecule has 5 rings (SSSR count). The molecule has 1 aliphatic heterocycles. The fraction of sp³-hybridized carbons (Fsp3) is 0.143. The molecule has 192 valence electrons. The summed E-state index contributed by atoms with van der Waals surface area (Å²) in [6.07, 6.45) is 0. The zero-order valence-electron chi connectivity index (χ0n) is 20.5. The van der Waals surface area contributed by atoms with Crippen molar-refractivity contribution in [2.24, 2.45) is 0 Å². The average molecular weight is 512 g/mol. The lowest BCUT2D eigenvalue weighted by atomic mass is 10.1. The number of fused-ring (bicyclic) bond motifs is 1. The summed E-state index contributed by atoms with van der Waals surface area (Å²) >= 11 is 0. The molecule has 10 heteroatoms. The Morgan fingerprint density at radius 3 is 2.50 bits per heavy atom. The predicted octanol–water partition coefficient (Wildman–Crippen LogP) is 3.16. The Bertz CT molecular complexity index is 1540. The molecule has 0 unspecified atom stereocenters. The van der Waals surface area contributed by atoms with Crippen LogP contribution in [0.2, 0.25) is 0 Å². The number of nitrogens with one attached hydrogen (secondary N) is 3. The van der Waals surface area contributed by atoms with E-state index in [4.69, 9.17) is 4.74 Å². The third-order valence-electron chi connectivity index (χ3n) is 6.16. The summed E-state index contributed by atoms with van der Waals surface area (Å²) < 4.78 is 4.83. The van der Waals surface area contributed by atoms with Crippen LogP contribution in [0, 0.1) is 0 Å². The highest BCUT2D eigenvalue weighted by atomic mass is 16.5. The Morgan fingerprint density at radius 1 is 1.05 bits per heavy atom. The minimum absolute atomic E-state index is 0.0622. The SMILES string of the molecule is COC(=O)C1=C(Nc2ccc3nc(-c4ccc(NC(=O)c5ccccc5)cc4)[nH]c3c2)C(=O)N(CCO)C1. The first-order chi connectivity index (χ1) is 18.5. The Labute approximate surface area is 217 Å². The van der Waals surface area contributed by atoms with E-state index in [1.165, 1.54) is 12.0 Å². The zero-order chi connectivity index (χ0) is 26.6. The number of hydrogen-bond donors (Lipinski definition) is 4. The number of nitrogens with zero attached hydrogens (tertiary/aromatic N) is 2. The number of amides is 2. The highest BCUT2D eigenvalue weighted by Crippen LogP contribution is 2.27. The van der Waals surface area contributed by atoms with Gasteiger partial charge >= 0.3 is 5.97 Å². The van der Waals surface area contributed by atoms with Crippen molar-refractivity contribution in [2.75, 3.05) is 37.4 Å². The molecule has 0 aliphatic carbocycles. The van der Waals surface area contributed by atoms with Crippen molar-refractivity contribution in [1.29, 1.82) is 0 Å². The number of aliphatic hydroxyl groups is 1. The maximum atomic E-state index is 12.8. The van der Waals surface area contributed by atoms with E-state index in [0.717, 1.165) is 11.1 Å². The number of ether oxygens (including phenoxy) is 1. The topological polar surface area (TPSA) is 137 Å². The standard InChI is InChI=1S/C28H25N5O5/c1-38-28(37)21-16-33(13-14-34)27(36)24(21)29-20-11-12-22-23(15-20)32-25(31-22)17-7-9-19(10-8-17)30-26(35)18-5-3-2-4-6-18/h2-12,15,29,34H,13-14,16H2,1H3,(H,30,35)(H,31,32). The van der Waals surface area contributed by atoms with E-state index < -0.39 is 5.97 Å². The zero-order valence-corrected chi connectivity index (χ0v) is 20.5. The molecule has 0 radical (unpaired) electrons. The molecular formula is C28H25N5O5. The summed E-state index contributed by atoms with van der Waals surface area (Å²) in [6, 6.07) is 21.7. The van der Waals surface area contributed by atoms with E-state index in [2.05, 4.69) is 20.6 Å². The van der Waals surface area contributed by atoms with Gasteiger partial charge in [0.15, 0.2) is 0 Å². The summed E-state index contributed by atoms with van der Waals surface area (Å²) in [5, 5.41) is 15.2. The first kappa shape index (κ1) is 24.7. The molecule has 0 spiro atoms. The van der Waals surface area contributed by atoms with Crippen LogP contribution in [0.4, 0.5) is 11.4 Å². The largest absolute Gasteiger partial charge is 0.466 e. The first-order valence-electron chi connectivity index (χ1n) is 11.9. The molecule has 10 nitrogen and oxygen atoms in total. The number of carbonyl (C=O) groups excluding carboxylic acids is 3. The van der Waals surface area contributed by atoms with Crippen molar-refractivity contribution >= 4 is 40.2 Å². The average Bonchev–Trinajstić information content (AvgIpc) is 3.50. The van der Waals surface area contributed by atoms with Crippen molar-refractivity contribution in [3.05, 3.63) is 89.6 Å². The number of aliphatic hydroxyl groups excluding tert-OH is 1. The molecule has 0 saturated carbocycles. The number of rotatable bonds is 8. The number of carbonyl (C=O) groups is 3. The molecule has 0 saturated heterocycles. The Kier molecular flexibility index (Phi) is 6.88. The lowest BCUT2D eigenvalue weighted by Crippen LogP contribution is -2.31. The van der Waals surface area contributed by atoms with Crippen molar-refractivity contribution in [1.82, 2.24) is 14.9 Å². The van der Waals surface area contributed by atoms with Crippen molar-refractivity contribution in [2.45, 2.75) is 0 Å². The fourth-order valence-electron chi connectivity index (χ4n) is 4.22. The van der Waals surface area contributed by atoms with Gasteiger partial charge in [-0.05, 0) is 54.6 Å². The van der Waals surface area contributed by atoms with E-state index in [1.807, 2.05) is 30.3 Å². The van der Waals surface area contributed by atoms with Gasteiger partial charge in [0.2, 0.25) is 0 Å². The number of esters is 1. The van der Waals surface area contributed by atoms with Gasteiger partial charge < -0.3 is 30.4 Å². The van der Waals surface area contributed by atoms with Gasteiger partial charge in [-0.3, -0.25) is 9.59 Å². The number of benzene rings is 3. The fourth-order valence-corrected chi connectivity index (χ4v) is 4.22. The Hall–Kier alpha value is -4.96. The van der Waals surface area contributed by atoms with Crippen molar-refractivity contribution < 1.29 is 24.2 Å². The molecule has 1 aliphatic rings.